The Morgan fingerprint density at radius 3 is 2.28 bits per heavy atom. The van der Waals surface area contributed by atoms with Crippen LogP contribution < -0.4 is 0 Å². The quantitative estimate of drug-likeness (QED) is 0.255. The molecule has 1 aliphatic heterocycles. The number of nitro groups is 1. The number of nitrogens with zero attached hydrogens (tertiary/aromatic N) is 2. The van der Waals surface area contributed by atoms with Gasteiger partial charge in [-0.05, 0) is 31.0 Å². The summed E-state index contributed by atoms with van der Waals surface area (Å²) in [5, 5.41) is 30.9. The van der Waals surface area contributed by atoms with Crippen LogP contribution in [0.3, 0.4) is 0 Å². The number of aliphatic hydroxyl groups is 2. The maximum atomic E-state index is 12.7. The molecule has 1 amide bonds. The molecule has 0 spiro atoms. The molecule has 0 aliphatic carbocycles. The highest BCUT2D eigenvalue weighted by molar-refractivity contribution is 6.46. The van der Waals surface area contributed by atoms with E-state index in [0.717, 1.165) is 5.56 Å². The van der Waals surface area contributed by atoms with Gasteiger partial charge in [-0.2, -0.15) is 0 Å². The number of nitro benzene ring substituents is 1. The van der Waals surface area contributed by atoms with Crippen molar-refractivity contribution in [1.82, 2.24) is 4.90 Å². The Morgan fingerprint density at radius 2 is 1.72 bits per heavy atom. The highest BCUT2D eigenvalue weighted by atomic mass is 16.6. The van der Waals surface area contributed by atoms with Crippen LogP contribution in [0.5, 0.6) is 0 Å². The first-order valence-corrected chi connectivity index (χ1v) is 9.05. The number of Topliss-reactive ketones (excluding diaryl/α,β-unsaturated/α-hetero) is 1. The van der Waals surface area contributed by atoms with E-state index in [1.54, 1.807) is 24.3 Å². The van der Waals surface area contributed by atoms with Crippen LogP contribution in [0.2, 0.25) is 0 Å². The number of carbonyl (C=O) groups excluding carboxylic acids is 2. The molecule has 0 saturated carbocycles. The van der Waals surface area contributed by atoms with Crippen LogP contribution in [-0.4, -0.2) is 44.9 Å². The SMILES string of the molecule is Cc1ccc(C(O)=C2C(=O)C(=O)N(CCCO)[C@@H]2c2ccc([N+](=O)[O-])cc2)cc1. The minimum absolute atomic E-state index is 0.0781. The Kier molecular flexibility index (Phi) is 5.74. The van der Waals surface area contributed by atoms with Crippen LogP contribution in [0.1, 0.15) is 29.2 Å². The summed E-state index contributed by atoms with van der Waals surface area (Å²) in [4.78, 5) is 37.0. The van der Waals surface area contributed by atoms with Gasteiger partial charge in [0.2, 0.25) is 0 Å². The zero-order valence-corrected chi connectivity index (χ0v) is 15.7. The lowest BCUT2D eigenvalue weighted by atomic mass is 9.95. The molecule has 8 nitrogen and oxygen atoms in total. The molecular weight excluding hydrogens is 376 g/mol. The van der Waals surface area contributed by atoms with Crippen molar-refractivity contribution in [2.45, 2.75) is 19.4 Å². The van der Waals surface area contributed by atoms with Crippen LogP contribution >= 0.6 is 0 Å². The molecule has 1 saturated heterocycles. The molecule has 0 radical (unpaired) electrons. The lowest BCUT2D eigenvalue weighted by molar-refractivity contribution is -0.384. The Bertz CT molecular complexity index is 979. The number of non-ortho nitro benzene ring substituents is 1. The van der Waals surface area contributed by atoms with Gasteiger partial charge in [-0.3, -0.25) is 19.7 Å². The third-order valence-corrected chi connectivity index (χ3v) is 4.84. The fraction of sp³-hybridized carbons (Fsp3) is 0.238. The smallest absolute Gasteiger partial charge is 0.295 e. The highest BCUT2D eigenvalue weighted by Crippen LogP contribution is 2.39. The minimum Gasteiger partial charge on any atom is -0.507 e. The van der Waals surface area contributed by atoms with Gasteiger partial charge in [-0.15, -0.1) is 0 Å². The van der Waals surface area contributed by atoms with Crippen molar-refractivity contribution >= 4 is 23.1 Å². The molecule has 1 atom stereocenters. The summed E-state index contributed by atoms with van der Waals surface area (Å²) in [6.07, 6.45) is 0.251. The van der Waals surface area contributed by atoms with E-state index in [4.69, 9.17) is 5.11 Å². The summed E-state index contributed by atoms with van der Waals surface area (Å²) in [6.45, 7) is 1.82. The number of ketones is 1. The third-order valence-electron chi connectivity index (χ3n) is 4.84. The standard InChI is InChI=1S/C21H20N2O6/c1-13-3-5-15(6-4-13)19(25)17-18(14-7-9-16(10-8-14)23(28)29)22(11-2-12-24)21(27)20(17)26/h3-10,18,24-25H,2,11-12H2,1H3/t18-/m1/s1. The Morgan fingerprint density at radius 1 is 1.10 bits per heavy atom. The van der Waals surface area contributed by atoms with Crippen LogP contribution in [0.4, 0.5) is 5.69 Å². The molecule has 29 heavy (non-hydrogen) atoms. The molecular formula is C21H20N2O6. The van der Waals surface area contributed by atoms with Gasteiger partial charge < -0.3 is 15.1 Å². The van der Waals surface area contributed by atoms with E-state index in [1.807, 2.05) is 6.92 Å². The molecule has 2 N–H and O–H groups in total. The fourth-order valence-electron chi connectivity index (χ4n) is 3.34. The predicted octanol–water partition coefficient (Wildman–Crippen LogP) is 2.71. The van der Waals surface area contributed by atoms with Crippen LogP contribution in [-0.2, 0) is 9.59 Å². The Hall–Kier alpha value is -3.52. The second-order valence-corrected chi connectivity index (χ2v) is 6.78. The number of carbonyl (C=O) groups is 2. The monoisotopic (exact) mass is 396 g/mol. The summed E-state index contributed by atoms with van der Waals surface area (Å²) >= 11 is 0. The number of rotatable bonds is 6. The molecule has 0 bridgehead atoms. The number of aryl methyl sites for hydroxylation is 1. The summed E-state index contributed by atoms with van der Waals surface area (Å²) in [7, 11) is 0. The van der Waals surface area contributed by atoms with Crippen molar-refractivity contribution in [2.75, 3.05) is 13.2 Å². The Labute approximate surface area is 166 Å². The van der Waals surface area contributed by atoms with Gasteiger partial charge in [-0.25, -0.2) is 0 Å². The third kappa shape index (κ3) is 3.88. The molecule has 150 valence electrons. The van der Waals surface area contributed by atoms with E-state index in [0.29, 0.717) is 11.1 Å². The molecule has 3 rings (SSSR count). The average molecular weight is 396 g/mol. The van der Waals surface area contributed by atoms with Crippen LogP contribution in [0, 0.1) is 17.0 Å². The molecule has 1 heterocycles. The van der Waals surface area contributed by atoms with Crippen molar-refractivity contribution in [2.24, 2.45) is 0 Å². The zero-order valence-electron chi connectivity index (χ0n) is 15.7. The van der Waals surface area contributed by atoms with Gasteiger partial charge in [0.05, 0.1) is 16.5 Å². The summed E-state index contributed by atoms with van der Waals surface area (Å²) in [5.41, 5.74) is 1.62. The van der Waals surface area contributed by atoms with E-state index in [1.165, 1.54) is 29.2 Å². The zero-order chi connectivity index (χ0) is 21.1. The second kappa shape index (κ2) is 8.24. The maximum Gasteiger partial charge on any atom is 0.295 e. The van der Waals surface area contributed by atoms with Crippen molar-refractivity contribution in [3.05, 3.63) is 80.9 Å². The van der Waals surface area contributed by atoms with Gasteiger partial charge in [0.25, 0.3) is 17.4 Å². The molecule has 1 aliphatic rings. The molecule has 2 aromatic carbocycles. The van der Waals surface area contributed by atoms with Gasteiger partial charge >= 0.3 is 0 Å². The molecule has 2 aromatic rings. The van der Waals surface area contributed by atoms with Crippen molar-refractivity contribution in [3.63, 3.8) is 0 Å². The number of benzene rings is 2. The van der Waals surface area contributed by atoms with Crippen LogP contribution in [0.25, 0.3) is 5.76 Å². The van der Waals surface area contributed by atoms with Crippen LogP contribution in [0.15, 0.2) is 54.1 Å². The fourth-order valence-corrected chi connectivity index (χ4v) is 3.34. The van der Waals surface area contributed by atoms with E-state index >= 15 is 0 Å². The molecule has 8 heteroatoms. The largest absolute Gasteiger partial charge is 0.507 e. The first kappa shape index (κ1) is 20.2. The number of likely N-dealkylation sites (tertiary alicyclic amines) is 1. The predicted molar refractivity (Wildman–Crippen MR) is 105 cm³/mol. The molecule has 0 unspecified atom stereocenters. The van der Waals surface area contributed by atoms with Crippen molar-refractivity contribution in [1.29, 1.82) is 0 Å². The van der Waals surface area contributed by atoms with Gasteiger partial charge in [0, 0.05) is 30.8 Å². The van der Waals surface area contributed by atoms with Crippen molar-refractivity contribution < 1.29 is 24.7 Å². The van der Waals surface area contributed by atoms with Gasteiger partial charge in [0.15, 0.2) is 0 Å². The first-order valence-electron chi connectivity index (χ1n) is 9.05. The van der Waals surface area contributed by atoms with Gasteiger partial charge in [-0.1, -0.05) is 29.8 Å². The lowest BCUT2D eigenvalue weighted by Gasteiger charge is -2.25. The molecule has 0 aromatic heterocycles. The van der Waals surface area contributed by atoms with E-state index in [9.17, 15) is 24.8 Å². The van der Waals surface area contributed by atoms with E-state index in [2.05, 4.69) is 0 Å². The van der Waals surface area contributed by atoms with E-state index < -0.39 is 22.7 Å². The topological polar surface area (TPSA) is 121 Å². The lowest BCUT2D eigenvalue weighted by Crippen LogP contribution is -2.31. The summed E-state index contributed by atoms with van der Waals surface area (Å²) in [5.74, 6) is -1.92. The number of hydrogen-bond acceptors (Lipinski definition) is 6. The van der Waals surface area contributed by atoms with E-state index in [-0.39, 0.29) is 36.6 Å². The normalized spacial score (nSPS) is 18.3. The molecule has 1 fully saturated rings. The number of amides is 1. The number of hydrogen-bond donors (Lipinski definition) is 2. The van der Waals surface area contributed by atoms with Gasteiger partial charge in [0.1, 0.15) is 5.76 Å². The Balaban J connectivity index is 2.14. The highest BCUT2D eigenvalue weighted by Gasteiger charge is 2.45. The summed E-state index contributed by atoms with van der Waals surface area (Å²) in [6, 6.07) is 11.4. The van der Waals surface area contributed by atoms with Crippen molar-refractivity contribution in [3.8, 4) is 0 Å². The maximum absolute atomic E-state index is 12.7. The number of aliphatic hydroxyl groups excluding tert-OH is 2. The average Bonchev–Trinajstić information content (AvgIpc) is 2.97. The minimum atomic E-state index is -0.899. The summed E-state index contributed by atoms with van der Waals surface area (Å²) < 4.78 is 0. The first-order chi connectivity index (χ1) is 13.8. The second-order valence-electron chi connectivity index (χ2n) is 6.78.